The van der Waals surface area contributed by atoms with E-state index in [2.05, 4.69) is 5.32 Å². The van der Waals surface area contributed by atoms with Crippen molar-refractivity contribution < 1.29 is 34.0 Å². The Balaban J connectivity index is 1.76. The minimum atomic E-state index is -0.779. The predicted molar refractivity (Wildman–Crippen MR) is 125 cm³/mol. The fraction of sp³-hybridized carbons (Fsp3) is 0.667. The molecule has 2 amide bonds. The van der Waals surface area contributed by atoms with Crippen molar-refractivity contribution in [2.75, 3.05) is 19.7 Å². The van der Waals surface area contributed by atoms with Crippen molar-refractivity contribution in [2.45, 2.75) is 77.6 Å². The van der Waals surface area contributed by atoms with Crippen LogP contribution in [0.2, 0.25) is 5.02 Å². The van der Waals surface area contributed by atoms with E-state index in [4.69, 9.17) is 25.8 Å². The summed E-state index contributed by atoms with van der Waals surface area (Å²) in [5.41, 5.74) is 0.135. The number of ether oxygens (including phenoxy) is 3. The second kappa shape index (κ2) is 10.3. The molecule has 0 radical (unpaired) electrons. The lowest BCUT2D eigenvalue weighted by atomic mass is 9.84. The first-order chi connectivity index (χ1) is 15.8. The second-order valence-corrected chi connectivity index (χ2v) is 10.7. The minimum Gasteiger partial charge on any atom is -0.508 e. The summed E-state index contributed by atoms with van der Waals surface area (Å²) in [5, 5.41) is 23.3. The summed E-state index contributed by atoms with van der Waals surface area (Å²) in [6.45, 7) is 9.71. The average molecular weight is 499 g/mol. The van der Waals surface area contributed by atoms with E-state index < -0.39 is 29.6 Å². The van der Waals surface area contributed by atoms with Crippen LogP contribution < -0.4 is 5.32 Å². The molecule has 2 aliphatic heterocycles. The fourth-order valence-electron chi connectivity index (χ4n) is 4.34. The molecule has 3 N–H and O–H groups in total. The number of hydrogen-bond acceptors (Lipinski definition) is 7. The Kier molecular flexibility index (Phi) is 8.02. The smallest absolute Gasteiger partial charge is 0.408 e. The zero-order valence-corrected chi connectivity index (χ0v) is 21.1. The largest absolute Gasteiger partial charge is 0.508 e. The number of aromatic hydroxyl groups is 1. The SMILES string of the molecule is CC(C)(C)OC(=O)NC(c1cc(Cl)c(CO)cc1O)C1CCN(C(=O)[C@H]2COC(C)(C)O2)CC1. The Morgan fingerprint density at radius 3 is 2.47 bits per heavy atom. The number of piperidine rings is 1. The third-order valence-corrected chi connectivity index (χ3v) is 6.33. The maximum atomic E-state index is 12.9. The standard InChI is InChI=1S/C24H35ClN2O7/c1-23(2,3)34-22(31)26-20(16-11-17(25)15(12-28)10-18(16)29)14-6-8-27(9-7-14)21(30)19-13-32-24(4,5)33-19/h10-11,14,19-20,28-29H,6-9,12-13H2,1-5H3,(H,26,31)/t19-,20?/m1/s1. The highest BCUT2D eigenvalue weighted by atomic mass is 35.5. The number of carbonyl (C=O) groups is 2. The molecule has 0 bridgehead atoms. The van der Waals surface area contributed by atoms with E-state index in [0.717, 1.165) is 0 Å². The average Bonchev–Trinajstić information content (AvgIpc) is 3.11. The Hall–Kier alpha value is -2.07. The molecule has 3 rings (SSSR count). The highest BCUT2D eigenvalue weighted by molar-refractivity contribution is 6.31. The van der Waals surface area contributed by atoms with Gasteiger partial charge < -0.3 is 34.6 Å². The maximum Gasteiger partial charge on any atom is 0.408 e. The van der Waals surface area contributed by atoms with E-state index in [9.17, 15) is 19.8 Å². The molecule has 1 aromatic carbocycles. The third-order valence-electron chi connectivity index (χ3n) is 5.98. The van der Waals surface area contributed by atoms with Crippen molar-refractivity contribution >= 4 is 23.6 Å². The minimum absolute atomic E-state index is 0.0771. The Morgan fingerprint density at radius 1 is 1.29 bits per heavy atom. The van der Waals surface area contributed by atoms with E-state index in [1.807, 2.05) is 0 Å². The summed E-state index contributed by atoms with van der Waals surface area (Å²) in [7, 11) is 0. The Morgan fingerprint density at radius 2 is 1.94 bits per heavy atom. The molecule has 34 heavy (non-hydrogen) atoms. The summed E-state index contributed by atoms with van der Waals surface area (Å²) in [4.78, 5) is 27.3. The predicted octanol–water partition coefficient (Wildman–Crippen LogP) is 3.49. The van der Waals surface area contributed by atoms with Gasteiger partial charge in [0, 0.05) is 23.7 Å². The van der Waals surface area contributed by atoms with E-state index >= 15 is 0 Å². The van der Waals surface area contributed by atoms with E-state index in [0.29, 0.717) is 42.1 Å². The van der Waals surface area contributed by atoms with Crippen molar-refractivity contribution in [3.63, 3.8) is 0 Å². The second-order valence-electron chi connectivity index (χ2n) is 10.3. The topological polar surface area (TPSA) is 118 Å². The van der Waals surface area contributed by atoms with Gasteiger partial charge in [0.05, 0.1) is 19.3 Å². The van der Waals surface area contributed by atoms with Gasteiger partial charge >= 0.3 is 6.09 Å². The highest BCUT2D eigenvalue weighted by Crippen LogP contribution is 2.38. The summed E-state index contributed by atoms with van der Waals surface area (Å²) in [6.07, 6.45) is -0.0723. The van der Waals surface area contributed by atoms with Crippen LogP contribution in [0.1, 0.15) is 64.6 Å². The molecule has 1 aromatic rings. The van der Waals surface area contributed by atoms with Crippen LogP contribution in [0.3, 0.4) is 0 Å². The number of amides is 2. The van der Waals surface area contributed by atoms with Crippen LogP contribution in [0, 0.1) is 5.92 Å². The fourth-order valence-corrected chi connectivity index (χ4v) is 4.57. The van der Waals surface area contributed by atoms with Crippen LogP contribution >= 0.6 is 11.6 Å². The van der Waals surface area contributed by atoms with Crippen LogP contribution in [0.4, 0.5) is 4.79 Å². The number of hydrogen-bond donors (Lipinski definition) is 3. The molecule has 9 nitrogen and oxygen atoms in total. The number of benzene rings is 1. The maximum absolute atomic E-state index is 12.9. The zero-order chi connectivity index (χ0) is 25.3. The molecule has 190 valence electrons. The number of aliphatic hydroxyl groups is 1. The molecular weight excluding hydrogens is 464 g/mol. The number of likely N-dealkylation sites (tertiary alicyclic amines) is 1. The number of aliphatic hydroxyl groups excluding tert-OH is 1. The number of phenols is 1. The van der Waals surface area contributed by atoms with Crippen LogP contribution in [-0.2, 0) is 25.6 Å². The number of carbonyl (C=O) groups excluding carboxylic acids is 2. The van der Waals surface area contributed by atoms with Gasteiger partial charge in [-0.05, 0) is 71.1 Å². The lowest BCUT2D eigenvalue weighted by molar-refractivity contribution is -0.161. The van der Waals surface area contributed by atoms with Crippen LogP contribution in [0.5, 0.6) is 5.75 Å². The van der Waals surface area contributed by atoms with Gasteiger partial charge in [0.15, 0.2) is 11.9 Å². The monoisotopic (exact) mass is 498 g/mol. The Labute approximate surface area is 205 Å². The van der Waals surface area contributed by atoms with Gasteiger partial charge in [-0.1, -0.05) is 11.6 Å². The van der Waals surface area contributed by atoms with Crippen molar-refractivity contribution in [3.05, 3.63) is 28.3 Å². The molecule has 0 aliphatic carbocycles. The number of nitrogens with zero attached hydrogens (tertiary/aromatic N) is 1. The van der Waals surface area contributed by atoms with Crippen LogP contribution in [-0.4, -0.2) is 64.3 Å². The number of nitrogens with one attached hydrogen (secondary N) is 1. The zero-order valence-electron chi connectivity index (χ0n) is 20.4. The lowest BCUT2D eigenvalue weighted by Gasteiger charge is -2.37. The molecule has 2 atom stereocenters. The molecule has 2 aliphatic rings. The Bertz CT molecular complexity index is 907. The van der Waals surface area contributed by atoms with Crippen LogP contribution in [0.25, 0.3) is 0 Å². The summed E-state index contributed by atoms with van der Waals surface area (Å²) in [5.74, 6) is -1.06. The van der Waals surface area contributed by atoms with Crippen molar-refractivity contribution in [2.24, 2.45) is 5.92 Å². The molecule has 2 heterocycles. The molecule has 2 saturated heterocycles. The van der Waals surface area contributed by atoms with Crippen molar-refractivity contribution in [1.29, 1.82) is 0 Å². The summed E-state index contributed by atoms with van der Waals surface area (Å²) >= 11 is 6.29. The molecule has 0 aromatic heterocycles. The lowest BCUT2D eigenvalue weighted by Crippen LogP contribution is -2.47. The van der Waals surface area contributed by atoms with E-state index in [1.165, 1.54) is 6.07 Å². The molecule has 0 spiro atoms. The molecule has 2 fully saturated rings. The van der Waals surface area contributed by atoms with Crippen molar-refractivity contribution in [3.8, 4) is 5.75 Å². The van der Waals surface area contributed by atoms with E-state index in [-0.39, 0.29) is 30.8 Å². The number of alkyl carbamates (subject to hydrolysis) is 1. The summed E-state index contributed by atoms with van der Waals surface area (Å²) < 4.78 is 16.7. The van der Waals surface area contributed by atoms with Gasteiger partial charge in [0.2, 0.25) is 0 Å². The molecule has 1 unspecified atom stereocenters. The van der Waals surface area contributed by atoms with Crippen molar-refractivity contribution in [1.82, 2.24) is 10.2 Å². The normalized spacial score (nSPS) is 21.9. The van der Waals surface area contributed by atoms with E-state index in [1.54, 1.807) is 45.6 Å². The molecular formula is C24H35ClN2O7. The van der Waals surface area contributed by atoms with Gasteiger partial charge in [-0.15, -0.1) is 0 Å². The van der Waals surface area contributed by atoms with Gasteiger partial charge in [-0.3, -0.25) is 4.79 Å². The quantitative estimate of drug-likeness (QED) is 0.568. The van der Waals surface area contributed by atoms with Gasteiger partial charge in [-0.25, -0.2) is 4.79 Å². The number of phenolic OH excluding ortho intramolecular Hbond substituents is 1. The molecule has 0 saturated carbocycles. The first kappa shape index (κ1) is 26.5. The highest BCUT2D eigenvalue weighted by Gasteiger charge is 2.40. The van der Waals surface area contributed by atoms with Gasteiger partial charge in [0.25, 0.3) is 5.91 Å². The summed E-state index contributed by atoms with van der Waals surface area (Å²) in [6, 6.07) is 2.37. The molecule has 10 heteroatoms. The first-order valence-corrected chi connectivity index (χ1v) is 11.9. The number of halogens is 1. The number of rotatable bonds is 5. The third kappa shape index (κ3) is 6.53. The van der Waals surface area contributed by atoms with Gasteiger partial charge in [0.1, 0.15) is 11.4 Å². The first-order valence-electron chi connectivity index (χ1n) is 11.5. The van der Waals surface area contributed by atoms with Crippen LogP contribution in [0.15, 0.2) is 12.1 Å². The van der Waals surface area contributed by atoms with Gasteiger partial charge in [-0.2, -0.15) is 0 Å².